The van der Waals surface area contributed by atoms with Crippen LogP contribution in [0.4, 0.5) is 4.39 Å². The molecule has 7 nitrogen and oxygen atoms in total. The van der Waals surface area contributed by atoms with Crippen LogP contribution in [0.3, 0.4) is 0 Å². The van der Waals surface area contributed by atoms with Gasteiger partial charge in [-0.15, -0.1) is 0 Å². The van der Waals surface area contributed by atoms with E-state index in [2.05, 4.69) is 4.72 Å². The fraction of sp³-hybridized carbons (Fsp3) is 0.500. The van der Waals surface area contributed by atoms with E-state index in [-0.39, 0.29) is 23.0 Å². The summed E-state index contributed by atoms with van der Waals surface area (Å²) in [6.45, 7) is 1.63. The Morgan fingerprint density at radius 3 is 2.52 bits per heavy atom. The van der Waals surface area contributed by atoms with Crippen LogP contribution in [0.5, 0.6) is 0 Å². The lowest BCUT2D eigenvalue weighted by Crippen LogP contribution is -2.46. The first-order chi connectivity index (χ1) is 11.4. The monoisotopic (exact) mass is 412 g/mol. The van der Waals surface area contributed by atoms with Crippen LogP contribution >= 0.6 is 11.6 Å². The maximum Gasteiger partial charge on any atom is 0.241 e. The molecule has 25 heavy (non-hydrogen) atoms. The molecule has 2 unspecified atom stereocenters. The van der Waals surface area contributed by atoms with Crippen molar-refractivity contribution in [3.8, 4) is 0 Å². The van der Waals surface area contributed by atoms with Crippen molar-refractivity contribution in [2.24, 2.45) is 0 Å². The zero-order valence-corrected chi connectivity index (χ0v) is 16.0. The van der Waals surface area contributed by atoms with Gasteiger partial charge in [0.05, 0.1) is 21.2 Å². The van der Waals surface area contributed by atoms with Crippen molar-refractivity contribution in [2.45, 2.75) is 29.5 Å². The molecule has 2 rings (SSSR count). The minimum Gasteiger partial charge on any atom is -0.340 e. The first-order valence-corrected chi connectivity index (χ1v) is 11.2. The molecule has 1 aromatic rings. The summed E-state index contributed by atoms with van der Waals surface area (Å²) in [6, 6.07) is 1.80. The van der Waals surface area contributed by atoms with Crippen LogP contribution in [0, 0.1) is 5.82 Å². The SMILES string of the molecule is CC(NS(=O)(=O)c1ccc(F)c(Cl)c1)C(=O)N1CCC(S(C)(=O)=O)C1. The fourth-order valence-corrected chi connectivity index (χ4v) is 5.00. The van der Waals surface area contributed by atoms with E-state index >= 15 is 0 Å². The highest BCUT2D eigenvalue weighted by Crippen LogP contribution is 2.20. The third kappa shape index (κ3) is 4.69. The lowest BCUT2D eigenvalue weighted by Gasteiger charge is -2.21. The van der Waals surface area contributed by atoms with Crippen molar-refractivity contribution in [3.63, 3.8) is 0 Å². The predicted octanol–water partition coefficient (Wildman–Crippen LogP) is 0.791. The summed E-state index contributed by atoms with van der Waals surface area (Å²) in [6.07, 6.45) is 1.42. The van der Waals surface area contributed by atoms with Crippen molar-refractivity contribution >= 4 is 37.4 Å². The van der Waals surface area contributed by atoms with Gasteiger partial charge >= 0.3 is 0 Å². The van der Waals surface area contributed by atoms with Crippen molar-refractivity contribution < 1.29 is 26.0 Å². The Bertz CT molecular complexity index is 888. The number of hydrogen-bond donors (Lipinski definition) is 1. The van der Waals surface area contributed by atoms with E-state index in [1.54, 1.807) is 0 Å². The van der Waals surface area contributed by atoms with Crippen molar-refractivity contribution in [1.29, 1.82) is 0 Å². The lowest BCUT2D eigenvalue weighted by atomic mass is 10.3. The van der Waals surface area contributed by atoms with Crippen molar-refractivity contribution in [1.82, 2.24) is 9.62 Å². The summed E-state index contributed by atoms with van der Waals surface area (Å²) in [5.41, 5.74) is 0. The van der Waals surface area contributed by atoms with Crippen molar-refractivity contribution in [2.75, 3.05) is 19.3 Å². The third-order valence-corrected chi connectivity index (χ3v) is 7.39. The van der Waals surface area contributed by atoms with Gasteiger partial charge in [-0.3, -0.25) is 4.79 Å². The zero-order chi connectivity index (χ0) is 19.0. The molecule has 1 aromatic carbocycles. The van der Waals surface area contributed by atoms with Crippen LogP contribution in [0.1, 0.15) is 13.3 Å². The van der Waals surface area contributed by atoms with E-state index in [9.17, 15) is 26.0 Å². The Morgan fingerprint density at radius 1 is 1.36 bits per heavy atom. The molecule has 0 bridgehead atoms. The van der Waals surface area contributed by atoms with Crippen LogP contribution in [0.2, 0.25) is 5.02 Å². The molecule has 1 fully saturated rings. The number of nitrogens with zero attached hydrogens (tertiary/aromatic N) is 1. The fourth-order valence-electron chi connectivity index (χ4n) is 2.55. The van der Waals surface area contributed by atoms with E-state index in [4.69, 9.17) is 11.6 Å². The highest BCUT2D eigenvalue weighted by atomic mass is 35.5. The maximum atomic E-state index is 13.2. The van der Waals surface area contributed by atoms with Gasteiger partial charge in [0, 0.05) is 19.3 Å². The predicted molar refractivity (Wildman–Crippen MR) is 91.0 cm³/mol. The van der Waals surface area contributed by atoms with Crippen LogP contribution in [0.25, 0.3) is 0 Å². The summed E-state index contributed by atoms with van der Waals surface area (Å²) in [4.78, 5) is 13.4. The zero-order valence-electron chi connectivity index (χ0n) is 13.6. The normalized spacial score (nSPS) is 19.8. The molecule has 1 aliphatic rings. The number of hydrogen-bond acceptors (Lipinski definition) is 5. The van der Waals surface area contributed by atoms with E-state index < -0.39 is 42.9 Å². The van der Waals surface area contributed by atoms with Gasteiger partial charge in [-0.1, -0.05) is 11.6 Å². The highest BCUT2D eigenvalue weighted by molar-refractivity contribution is 7.91. The average molecular weight is 413 g/mol. The second-order valence-corrected chi connectivity index (χ2v) is 10.4. The van der Waals surface area contributed by atoms with Crippen LogP contribution < -0.4 is 4.72 Å². The summed E-state index contributed by atoms with van der Waals surface area (Å²) >= 11 is 5.58. The number of sulfone groups is 1. The number of carbonyl (C=O) groups excluding carboxylic acids is 1. The Hall–Kier alpha value is -1.23. The summed E-state index contributed by atoms with van der Waals surface area (Å²) < 4.78 is 63.0. The smallest absolute Gasteiger partial charge is 0.241 e. The number of sulfonamides is 1. The molecule has 1 saturated heterocycles. The molecule has 1 heterocycles. The van der Waals surface area contributed by atoms with Crippen LogP contribution in [0.15, 0.2) is 23.1 Å². The summed E-state index contributed by atoms with van der Waals surface area (Å²) in [5.74, 6) is -1.28. The topological polar surface area (TPSA) is 101 Å². The highest BCUT2D eigenvalue weighted by Gasteiger charge is 2.35. The Labute approximate surface area is 151 Å². The van der Waals surface area contributed by atoms with Gasteiger partial charge in [-0.05, 0) is 31.5 Å². The molecule has 0 spiro atoms. The van der Waals surface area contributed by atoms with Gasteiger partial charge in [0.2, 0.25) is 15.9 Å². The first-order valence-electron chi connectivity index (χ1n) is 7.37. The number of likely N-dealkylation sites (tertiary alicyclic amines) is 1. The Balaban J connectivity index is 2.09. The molecule has 140 valence electrons. The quantitative estimate of drug-likeness (QED) is 0.770. The molecule has 11 heteroatoms. The van der Waals surface area contributed by atoms with Gasteiger partial charge in [0.15, 0.2) is 9.84 Å². The molecule has 0 aliphatic carbocycles. The standard InChI is InChI=1S/C14H18ClFN2O5S2/c1-9(14(19)18-6-5-11(8-18)24(2,20)21)17-25(22,23)10-3-4-13(16)12(15)7-10/h3-4,7,9,11,17H,5-6,8H2,1-2H3. The van der Waals surface area contributed by atoms with E-state index in [1.165, 1.54) is 11.8 Å². The van der Waals surface area contributed by atoms with Gasteiger partial charge in [-0.25, -0.2) is 21.2 Å². The molecule has 2 atom stereocenters. The van der Waals surface area contributed by atoms with E-state index in [0.717, 1.165) is 24.5 Å². The molecular weight excluding hydrogens is 395 g/mol. The number of halogens is 2. The number of rotatable bonds is 5. The minimum absolute atomic E-state index is 0.0338. The van der Waals surface area contributed by atoms with Gasteiger partial charge in [-0.2, -0.15) is 4.72 Å². The lowest BCUT2D eigenvalue weighted by molar-refractivity contribution is -0.131. The second kappa shape index (κ2) is 7.18. The molecule has 1 amide bonds. The van der Waals surface area contributed by atoms with E-state index in [0.29, 0.717) is 6.42 Å². The maximum absolute atomic E-state index is 13.2. The second-order valence-electron chi connectivity index (χ2n) is 5.94. The minimum atomic E-state index is -4.08. The summed E-state index contributed by atoms with van der Waals surface area (Å²) in [5, 5.41) is -0.992. The Kier molecular flexibility index (Phi) is 5.77. The van der Waals surface area contributed by atoms with Crippen molar-refractivity contribution in [3.05, 3.63) is 29.0 Å². The third-order valence-electron chi connectivity index (χ3n) is 3.97. The molecule has 0 aromatic heterocycles. The summed E-state index contributed by atoms with van der Waals surface area (Å²) in [7, 11) is -7.35. The number of amides is 1. The molecule has 1 N–H and O–H groups in total. The molecule has 0 radical (unpaired) electrons. The number of carbonyl (C=O) groups is 1. The van der Waals surface area contributed by atoms with Gasteiger partial charge in [0.1, 0.15) is 5.82 Å². The Morgan fingerprint density at radius 2 is 2.00 bits per heavy atom. The first kappa shape index (κ1) is 20.1. The van der Waals surface area contributed by atoms with Gasteiger partial charge in [0.25, 0.3) is 0 Å². The average Bonchev–Trinajstić information content (AvgIpc) is 2.98. The molecule has 0 saturated carbocycles. The molecule has 1 aliphatic heterocycles. The van der Waals surface area contributed by atoms with Crippen LogP contribution in [-0.4, -0.2) is 58.3 Å². The number of nitrogens with one attached hydrogen (secondary N) is 1. The molecular formula is C14H18ClFN2O5S2. The number of benzene rings is 1. The largest absolute Gasteiger partial charge is 0.340 e. The van der Waals surface area contributed by atoms with Crippen LogP contribution in [-0.2, 0) is 24.7 Å². The van der Waals surface area contributed by atoms with Gasteiger partial charge < -0.3 is 4.90 Å². The van der Waals surface area contributed by atoms with E-state index in [1.807, 2.05) is 0 Å².